The number of nitrogens with zero attached hydrogens (tertiary/aromatic N) is 3. The number of para-hydroxylation sites is 1. The van der Waals surface area contributed by atoms with E-state index in [4.69, 9.17) is 28.2 Å². The lowest BCUT2D eigenvalue weighted by Crippen LogP contribution is -2.29. The number of likely N-dealkylation sites (N-methyl/N-ethyl adjacent to an activating group) is 1. The molecule has 9 nitrogen and oxygen atoms in total. The first kappa shape index (κ1) is 22.2. The van der Waals surface area contributed by atoms with E-state index in [9.17, 15) is 14.9 Å². The number of amides is 1. The summed E-state index contributed by atoms with van der Waals surface area (Å²) in [5.74, 6) is 0.499. The number of nitro benzene ring substituents is 1. The molecule has 1 saturated heterocycles. The number of furan rings is 1. The fourth-order valence-electron chi connectivity index (χ4n) is 3.15. The fourth-order valence-corrected chi connectivity index (χ4v) is 3.54. The zero-order chi connectivity index (χ0) is 23.5. The molecular formula is C22H16ClN5O4S. The summed E-state index contributed by atoms with van der Waals surface area (Å²) in [5.41, 5.74) is 1.20. The van der Waals surface area contributed by atoms with Crippen LogP contribution in [0.2, 0.25) is 5.02 Å². The van der Waals surface area contributed by atoms with Gasteiger partial charge >= 0.3 is 0 Å². The van der Waals surface area contributed by atoms with Crippen LogP contribution in [0.3, 0.4) is 0 Å². The zero-order valence-corrected chi connectivity index (χ0v) is 18.7. The van der Waals surface area contributed by atoms with Gasteiger partial charge in [0.15, 0.2) is 0 Å². The molecule has 0 radical (unpaired) electrons. The van der Waals surface area contributed by atoms with Crippen molar-refractivity contribution in [2.75, 3.05) is 12.4 Å². The molecule has 0 spiro atoms. The van der Waals surface area contributed by atoms with Gasteiger partial charge in [-0.2, -0.15) is 4.99 Å². The number of hydrogen-bond acceptors (Lipinski definition) is 5. The maximum absolute atomic E-state index is 12.5. The molecule has 3 aromatic rings. The Balaban J connectivity index is 1.54. The van der Waals surface area contributed by atoms with Gasteiger partial charge in [-0.1, -0.05) is 29.8 Å². The van der Waals surface area contributed by atoms with E-state index in [1.807, 2.05) is 0 Å². The first-order valence-corrected chi connectivity index (χ1v) is 10.4. The normalized spacial score (nSPS) is 15.7. The van der Waals surface area contributed by atoms with E-state index in [0.29, 0.717) is 27.8 Å². The van der Waals surface area contributed by atoms with Gasteiger partial charge in [0.25, 0.3) is 11.6 Å². The molecule has 2 aromatic carbocycles. The van der Waals surface area contributed by atoms with Crippen LogP contribution in [0.25, 0.3) is 17.4 Å². The minimum absolute atomic E-state index is 0.0723. The number of rotatable bonds is 4. The molecule has 1 amide bonds. The summed E-state index contributed by atoms with van der Waals surface area (Å²) in [6.07, 6.45) is 1.52. The third-order valence-corrected chi connectivity index (χ3v) is 5.12. The van der Waals surface area contributed by atoms with E-state index < -0.39 is 10.8 Å². The number of carbonyl (C=O) groups is 1. The topological polar surface area (TPSA) is 113 Å². The number of thiocarbonyl (C=S) groups is 1. The van der Waals surface area contributed by atoms with Gasteiger partial charge in [0.1, 0.15) is 17.2 Å². The minimum atomic E-state index is -0.475. The van der Waals surface area contributed by atoms with Gasteiger partial charge in [-0.05, 0) is 48.6 Å². The quantitative estimate of drug-likeness (QED) is 0.241. The number of guanidine groups is 1. The molecule has 4 rings (SSSR count). The molecule has 2 heterocycles. The van der Waals surface area contributed by atoms with Crippen LogP contribution in [0.5, 0.6) is 0 Å². The molecule has 0 aliphatic carbocycles. The molecule has 33 heavy (non-hydrogen) atoms. The van der Waals surface area contributed by atoms with Crippen LogP contribution < -0.4 is 10.6 Å². The maximum Gasteiger partial charge on any atom is 0.280 e. The van der Waals surface area contributed by atoms with Crippen LogP contribution in [0.15, 0.2) is 75.8 Å². The van der Waals surface area contributed by atoms with Gasteiger partial charge in [0.2, 0.25) is 11.1 Å². The summed E-state index contributed by atoms with van der Waals surface area (Å²) in [7, 11) is 1.65. The number of nitro groups is 1. The van der Waals surface area contributed by atoms with Crippen molar-refractivity contribution in [1.82, 2.24) is 10.2 Å². The monoisotopic (exact) mass is 481 g/mol. The van der Waals surface area contributed by atoms with Crippen molar-refractivity contribution < 1.29 is 14.1 Å². The Hall–Kier alpha value is -4.02. The van der Waals surface area contributed by atoms with Crippen LogP contribution in [0.4, 0.5) is 11.4 Å². The largest absolute Gasteiger partial charge is 0.456 e. The van der Waals surface area contributed by atoms with Crippen LogP contribution in [0, 0.1) is 10.1 Å². The number of anilines is 1. The van der Waals surface area contributed by atoms with Gasteiger partial charge in [-0.15, -0.1) is 0 Å². The number of hydrogen-bond donors (Lipinski definition) is 2. The lowest BCUT2D eigenvalue weighted by Gasteiger charge is -2.11. The van der Waals surface area contributed by atoms with E-state index in [0.717, 1.165) is 0 Å². The highest BCUT2D eigenvalue weighted by atomic mass is 35.5. The van der Waals surface area contributed by atoms with Gasteiger partial charge < -0.3 is 14.6 Å². The molecular weight excluding hydrogens is 466 g/mol. The summed E-state index contributed by atoms with van der Waals surface area (Å²) in [5, 5.41) is 17.5. The highest BCUT2D eigenvalue weighted by molar-refractivity contribution is 7.80. The van der Waals surface area contributed by atoms with Crippen LogP contribution in [0.1, 0.15) is 5.76 Å². The predicted molar refractivity (Wildman–Crippen MR) is 130 cm³/mol. The first-order valence-electron chi connectivity index (χ1n) is 9.57. The van der Waals surface area contributed by atoms with E-state index in [-0.39, 0.29) is 22.5 Å². The SMILES string of the molecule is CN1/C(=C\c2ccc(-c3ccccc3[N+](=O)[O-])o2)C(=O)N/C1=N\C(=S)Nc1cccc(Cl)c1. The van der Waals surface area contributed by atoms with Crippen molar-refractivity contribution in [3.8, 4) is 11.3 Å². The number of halogens is 1. The Morgan fingerprint density at radius 2 is 2.03 bits per heavy atom. The van der Waals surface area contributed by atoms with Crippen molar-refractivity contribution in [3.05, 3.63) is 87.3 Å². The highest BCUT2D eigenvalue weighted by Gasteiger charge is 2.29. The minimum Gasteiger partial charge on any atom is -0.456 e. The Morgan fingerprint density at radius 3 is 2.79 bits per heavy atom. The average molecular weight is 482 g/mol. The second-order valence-corrected chi connectivity index (χ2v) is 7.72. The smallest absolute Gasteiger partial charge is 0.280 e. The lowest BCUT2D eigenvalue weighted by molar-refractivity contribution is -0.384. The summed E-state index contributed by atoms with van der Waals surface area (Å²) in [6, 6.07) is 16.5. The van der Waals surface area contributed by atoms with E-state index in [2.05, 4.69) is 15.6 Å². The number of benzene rings is 2. The Labute approximate surface area is 198 Å². The van der Waals surface area contributed by atoms with Crippen molar-refractivity contribution in [2.24, 2.45) is 4.99 Å². The third kappa shape index (κ3) is 4.92. The maximum atomic E-state index is 12.5. The average Bonchev–Trinajstić information content (AvgIpc) is 3.34. The van der Waals surface area contributed by atoms with Gasteiger partial charge in [-0.25, -0.2) is 0 Å². The molecule has 0 bridgehead atoms. The van der Waals surface area contributed by atoms with E-state index >= 15 is 0 Å². The molecule has 11 heteroatoms. The van der Waals surface area contributed by atoms with E-state index in [1.165, 1.54) is 17.0 Å². The highest BCUT2D eigenvalue weighted by Crippen LogP contribution is 2.31. The third-order valence-electron chi connectivity index (χ3n) is 4.69. The predicted octanol–water partition coefficient (Wildman–Crippen LogP) is 4.66. The van der Waals surface area contributed by atoms with Crippen LogP contribution >= 0.6 is 23.8 Å². The standard InChI is InChI=1S/C22H16ClN5O4S/c1-27-18(12-15-9-10-19(32-15)16-7-2-3-8-17(16)28(30)31)20(29)25-21(27)26-22(33)24-14-6-4-5-13(23)11-14/h2-12H,1H3,(H2,24,25,26,29,33)/b18-12-. The van der Waals surface area contributed by atoms with Crippen LogP contribution in [-0.4, -0.2) is 33.9 Å². The summed E-state index contributed by atoms with van der Waals surface area (Å²) in [6.45, 7) is 0. The second-order valence-electron chi connectivity index (χ2n) is 6.89. The molecule has 0 unspecified atom stereocenters. The van der Waals surface area contributed by atoms with Crippen molar-refractivity contribution in [1.29, 1.82) is 0 Å². The lowest BCUT2D eigenvalue weighted by atomic mass is 10.1. The second kappa shape index (κ2) is 9.23. The number of aliphatic imine (C=N–C) groups is 1. The molecule has 1 fully saturated rings. The van der Waals surface area contributed by atoms with Crippen LogP contribution in [-0.2, 0) is 4.79 Å². The summed E-state index contributed by atoms with van der Waals surface area (Å²) in [4.78, 5) is 29.1. The van der Waals surface area contributed by atoms with Crippen molar-refractivity contribution >= 4 is 58.2 Å². The Kier molecular flexibility index (Phi) is 6.20. The van der Waals surface area contributed by atoms with Crippen molar-refractivity contribution in [2.45, 2.75) is 0 Å². The molecule has 2 N–H and O–H groups in total. The number of nitrogens with one attached hydrogen (secondary N) is 2. The van der Waals surface area contributed by atoms with Gasteiger partial charge in [0, 0.05) is 29.9 Å². The summed E-state index contributed by atoms with van der Waals surface area (Å²) >= 11 is 11.2. The van der Waals surface area contributed by atoms with E-state index in [1.54, 1.807) is 61.6 Å². The molecule has 166 valence electrons. The Bertz CT molecular complexity index is 1330. The Morgan fingerprint density at radius 1 is 1.24 bits per heavy atom. The molecule has 1 aliphatic rings. The molecule has 0 atom stereocenters. The van der Waals surface area contributed by atoms with Gasteiger partial charge in [0.05, 0.1) is 10.5 Å². The fraction of sp³-hybridized carbons (Fsp3) is 0.0455. The van der Waals surface area contributed by atoms with Gasteiger partial charge in [-0.3, -0.25) is 20.2 Å². The zero-order valence-electron chi connectivity index (χ0n) is 17.1. The number of carbonyl (C=O) groups excluding carboxylic acids is 1. The molecule has 0 saturated carbocycles. The summed E-state index contributed by atoms with van der Waals surface area (Å²) < 4.78 is 5.75. The molecule has 1 aromatic heterocycles. The van der Waals surface area contributed by atoms with Crippen molar-refractivity contribution in [3.63, 3.8) is 0 Å². The molecule has 1 aliphatic heterocycles. The first-order chi connectivity index (χ1) is 15.8.